The van der Waals surface area contributed by atoms with Gasteiger partial charge in [0.2, 0.25) is 5.91 Å². The highest BCUT2D eigenvalue weighted by Gasteiger charge is 2.22. The number of aromatic carboxylic acids is 1. The molecule has 174 valence electrons. The number of carbonyl (C=O) groups is 2. The predicted molar refractivity (Wildman–Crippen MR) is 125 cm³/mol. The summed E-state index contributed by atoms with van der Waals surface area (Å²) in [6.07, 6.45) is -0.372. The van der Waals surface area contributed by atoms with Crippen LogP contribution in [0.15, 0.2) is 53.7 Å². The van der Waals surface area contributed by atoms with Crippen LogP contribution in [-0.4, -0.2) is 44.6 Å². The van der Waals surface area contributed by atoms with Crippen molar-refractivity contribution in [3.05, 3.63) is 59.9 Å². The molecule has 0 saturated carbocycles. The second kappa shape index (κ2) is 10.9. The van der Waals surface area contributed by atoms with Crippen LogP contribution in [0.1, 0.15) is 49.1 Å². The maximum Gasteiger partial charge on any atom is 0.335 e. The highest BCUT2D eigenvalue weighted by Crippen LogP contribution is 2.29. The van der Waals surface area contributed by atoms with Gasteiger partial charge in [-0.25, -0.2) is 4.79 Å². The number of amides is 1. The summed E-state index contributed by atoms with van der Waals surface area (Å²) in [5.74, 6) is 0.879. The molecule has 3 aromatic rings. The highest BCUT2D eigenvalue weighted by atomic mass is 32.2. The second-order valence-electron chi connectivity index (χ2n) is 7.46. The van der Waals surface area contributed by atoms with Crippen molar-refractivity contribution in [2.75, 3.05) is 18.2 Å². The third kappa shape index (κ3) is 6.26. The van der Waals surface area contributed by atoms with Crippen molar-refractivity contribution in [1.29, 1.82) is 0 Å². The summed E-state index contributed by atoms with van der Waals surface area (Å²) in [5.41, 5.74) is 0.683. The molecule has 0 spiro atoms. The normalized spacial score (nSPS) is 11.8. The predicted octanol–water partition coefficient (Wildman–Crippen LogP) is 4.44. The summed E-state index contributed by atoms with van der Waals surface area (Å²) in [5, 5.41) is 20.9. The minimum absolute atomic E-state index is 0.0560. The van der Waals surface area contributed by atoms with Crippen LogP contribution in [0.25, 0.3) is 0 Å². The van der Waals surface area contributed by atoms with Crippen molar-refractivity contribution < 1.29 is 24.2 Å². The van der Waals surface area contributed by atoms with Gasteiger partial charge >= 0.3 is 5.97 Å². The van der Waals surface area contributed by atoms with E-state index < -0.39 is 5.97 Å². The number of nitrogens with zero attached hydrogens (tertiary/aromatic N) is 3. The lowest BCUT2D eigenvalue weighted by atomic mass is 10.2. The van der Waals surface area contributed by atoms with Crippen molar-refractivity contribution >= 4 is 29.3 Å². The monoisotopic (exact) mass is 470 g/mol. The Labute approximate surface area is 196 Å². The lowest BCUT2D eigenvalue weighted by molar-refractivity contribution is -0.113. The average Bonchev–Trinajstić information content (AvgIpc) is 3.23. The number of hydrogen-bond donors (Lipinski definition) is 2. The zero-order chi connectivity index (χ0) is 24.0. The summed E-state index contributed by atoms with van der Waals surface area (Å²) in [6.45, 7) is 5.92. The zero-order valence-electron chi connectivity index (χ0n) is 18.8. The molecule has 0 radical (unpaired) electrons. The first-order valence-corrected chi connectivity index (χ1v) is 11.3. The number of benzene rings is 2. The molecule has 0 aliphatic heterocycles. The fraction of sp³-hybridized carbons (Fsp3) is 0.304. The number of carboxylic acids is 1. The van der Waals surface area contributed by atoms with E-state index in [1.54, 1.807) is 25.3 Å². The van der Waals surface area contributed by atoms with Gasteiger partial charge in [-0.05, 0) is 57.2 Å². The number of ether oxygens (including phenoxy) is 2. The van der Waals surface area contributed by atoms with Crippen LogP contribution < -0.4 is 14.8 Å². The molecule has 1 atom stereocenters. The Kier molecular flexibility index (Phi) is 7.94. The molecule has 1 amide bonds. The number of methoxy groups -OCH3 is 1. The quantitative estimate of drug-likeness (QED) is 0.418. The minimum atomic E-state index is -1.02. The van der Waals surface area contributed by atoms with Crippen LogP contribution in [0.5, 0.6) is 11.5 Å². The van der Waals surface area contributed by atoms with E-state index >= 15 is 0 Å². The SMILES string of the molecule is COc1cccc(OC(C)c2nnc(SCC(=O)Nc3ccc(C(=O)O)cc3)n2C(C)C)c1. The molecule has 1 unspecified atom stereocenters. The van der Waals surface area contributed by atoms with Gasteiger partial charge in [0, 0.05) is 17.8 Å². The van der Waals surface area contributed by atoms with Gasteiger partial charge in [0.15, 0.2) is 17.1 Å². The zero-order valence-corrected chi connectivity index (χ0v) is 19.6. The molecule has 10 heteroatoms. The highest BCUT2D eigenvalue weighted by molar-refractivity contribution is 7.99. The summed E-state index contributed by atoms with van der Waals surface area (Å²) < 4.78 is 13.2. The molecule has 3 rings (SSSR count). The number of aromatic nitrogens is 3. The number of rotatable bonds is 10. The van der Waals surface area contributed by atoms with E-state index in [0.717, 1.165) is 0 Å². The molecular formula is C23H26N4O5S. The molecular weight excluding hydrogens is 444 g/mol. The molecule has 33 heavy (non-hydrogen) atoms. The van der Waals surface area contributed by atoms with Crippen LogP contribution in [0.2, 0.25) is 0 Å². The Morgan fingerprint density at radius 2 is 1.79 bits per heavy atom. The van der Waals surface area contributed by atoms with E-state index in [1.807, 2.05) is 43.5 Å². The van der Waals surface area contributed by atoms with E-state index in [1.165, 1.54) is 23.9 Å². The van der Waals surface area contributed by atoms with Gasteiger partial charge in [0.05, 0.1) is 18.4 Å². The molecule has 0 bridgehead atoms. The van der Waals surface area contributed by atoms with Gasteiger partial charge in [-0.15, -0.1) is 10.2 Å². The van der Waals surface area contributed by atoms with Crippen LogP contribution in [0.3, 0.4) is 0 Å². The number of hydrogen-bond acceptors (Lipinski definition) is 7. The second-order valence-corrected chi connectivity index (χ2v) is 8.41. The van der Waals surface area contributed by atoms with Gasteiger partial charge in [0.25, 0.3) is 0 Å². The standard InChI is InChI=1S/C23H26N4O5S/c1-14(2)27-21(15(3)32-19-7-5-6-18(12-19)31-4)25-26-23(27)33-13-20(28)24-17-10-8-16(9-11-17)22(29)30/h5-12,14-15H,13H2,1-4H3,(H,24,28)(H,29,30). The Hall–Kier alpha value is -3.53. The fourth-order valence-corrected chi connectivity index (χ4v) is 3.98. The Morgan fingerprint density at radius 3 is 2.42 bits per heavy atom. The van der Waals surface area contributed by atoms with E-state index in [2.05, 4.69) is 15.5 Å². The molecule has 0 aliphatic carbocycles. The van der Waals surface area contributed by atoms with Crippen molar-refractivity contribution in [3.63, 3.8) is 0 Å². The molecule has 0 saturated heterocycles. The molecule has 1 heterocycles. The van der Waals surface area contributed by atoms with Gasteiger partial charge in [-0.1, -0.05) is 17.8 Å². The van der Waals surface area contributed by atoms with Crippen LogP contribution >= 0.6 is 11.8 Å². The van der Waals surface area contributed by atoms with Gasteiger partial charge in [0.1, 0.15) is 11.5 Å². The first-order chi connectivity index (χ1) is 15.8. The van der Waals surface area contributed by atoms with Crippen LogP contribution in [0, 0.1) is 0 Å². The lowest BCUT2D eigenvalue weighted by Gasteiger charge is -2.19. The topological polar surface area (TPSA) is 116 Å². The van der Waals surface area contributed by atoms with Gasteiger partial charge in [-0.2, -0.15) is 0 Å². The summed E-state index contributed by atoms with van der Waals surface area (Å²) in [4.78, 5) is 23.3. The summed E-state index contributed by atoms with van der Waals surface area (Å²) in [7, 11) is 1.60. The van der Waals surface area contributed by atoms with Crippen molar-refractivity contribution in [3.8, 4) is 11.5 Å². The molecule has 2 N–H and O–H groups in total. The van der Waals surface area contributed by atoms with E-state index in [9.17, 15) is 9.59 Å². The van der Waals surface area contributed by atoms with Crippen molar-refractivity contribution in [1.82, 2.24) is 14.8 Å². The number of nitrogens with one attached hydrogen (secondary N) is 1. The molecule has 0 fully saturated rings. The maximum absolute atomic E-state index is 12.4. The lowest BCUT2D eigenvalue weighted by Crippen LogP contribution is -2.16. The smallest absolute Gasteiger partial charge is 0.335 e. The number of thioether (sulfide) groups is 1. The average molecular weight is 471 g/mol. The molecule has 1 aromatic heterocycles. The van der Waals surface area contributed by atoms with Gasteiger partial charge < -0.3 is 24.5 Å². The Balaban J connectivity index is 1.66. The number of anilines is 1. The first kappa shape index (κ1) is 24.1. The third-order valence-electron chi connectivity index (χ3n) is 4.67. The minimum Gasteiger partial charge on any atom is -0.497 e. The van der Waals surface area contributed by atoms with Crippen LogP contribution in [-0.2, 0) is 4.79 Å². The maximum atomic E-state index is 12.4. The summed E-state index contributed by atoms with van der Waals surface area (Å²) >= 11 is 1.27. The van der Waals surface area contributed by atoms with E-state index in [-0.39, 0.29) is 29.4 Å². The number of carboxylic acid groups (broad SMARTS) is 1. The van der Waals surface area contributed by atoms with E-state index in [4.69, 9.17) is 14.6 Å². The van der Waals surface area contributed by atoms with Crippen molar-refractivity contribution in [2.24, 2.45) is 0 Å². The first-order valence-electron chi connectivity index (χ1n) is 10.3. The molecule has 0 aliphatic rings. The fourth-order valence-electron chi connectivity index (χ4n) is 3.10. The largest absolute Gasteiger partial charge is 0.497 e. The van der Waals surface area contributed by atoms with Gasteiger partial charge in [-0.3, -0.25) is 4.79 Å². The number of carbonyl (C=O) groups excluding carboxylic acids is 1. The third-order valence-corrected chi connectivity index (χ3v) is 5.62. The Morgan fingerprint density at radius 1 is 1.09 bits per heavy atom. The van der Waals surface area contributed by atoms with Crippen molar-refractivity contribution in [2.45, 2.75) is 38.1 Å². The Bertz CT molecular complexity index is 1110. The van der Waals surface area contributed by atoms with E-state index in [0.29, 0.717) is 28.2 Å². The summed E-state index contributed by atoms with van der Waals surface area (Å²) in [6, 6.07) is 13.4. The molecule has 2 aromatic carbocycles. The van der Waals surface area contributed by atoms with Crippen LogP contribution in [0.4, 0.5) is 5.69 Å². The molecule has 9 nitrogen and oxygen atoms in total.